The van der Waals surface area contributed by atoms with Gasteiger partial charge in [0.25, 0.3) is 10.8 Å². The minimum absolute atomic E-state index is 0.0607. The summed E-state index contributed by atoms with van der Waals surface area (Å²) in [4.78, 5) is 78.3. The Morgan fingerprint density at radius 1 is 0.391 bits per heavy atom. The van der Waals surface area contributed by atoms with Gasteiger partial charge in [0, 0.05) is 12.8 Å². The monoisotopic (exact) mass is 642 g/mol. The Kier molecular flexibility index (Phi) is 14.4. The van der Waals surface area contributed by atoms with Crippen LogP contribution in [0.1, 0.15) is 52.7 Å². The molecule has 12 nitrogen and oxygen atoms in total. The SMILES string of the molecule is CCOC(=O)C(Cc1ccc(-c2ccc(CC(C(=O)OCC)(C(=O)OCC)C(=O)OCC)cc2)cc1)(C(=O)OCC)C(=O)OCC. The first-order chi connectivity index (χ1) is 22.0. The molecule has 0 heterocycles. The molecule has 2 aromatic carbocycles. The van der Waals surface area contributed by atoms with Gasteiger partial charge in [-0.15, -0.1) is 0 Å². The molecule has 0 unspecified atom stereocenters. The Morgan fingerprint density at radius 3 is 0.761 bits per heavy atom. The zero-order chi connectivity index (χ0) is 34.3. The van der Waals surface area contributed by atoms with Crippen molar-refractivity contribution in [3.63, 3.8) is 0 Å². The highest BCUT2D eigenvalue weighted by molar-refractivity contribution is 6.19. The summed E-state index contributed by atoms with van der Waals surface area (Å²) in [5.41, 5.74) is -2.27. The van der Waals surface area contributed by atoms with E-state index in [0.717, 1.165) is 11.1 Å². The molecule has 0 atom stereocenters. The molecular weight excluding hydrogens is 600 g/mol. The predicted molar refractivity (Wildman–Crippen MR) is 164 cm³/mol. The van der Waals surface area contributed by atoms with Gasteiger partial charge >= 0.3 is 35.8 Å². The predicted octanol–water partition coefficient (Wildman–Crippen LogP) is 3.79. The average Bonchev–Trinajstić information content (AvgIpc) is 3.03. The summed E-state index contributed by atoms with van der Waals surface area (Å²) in [6, 6.07) is 13.6. The lowest BCUT2D eigenvalue weighted by Gasteiger charge is -2.27. The van der Waals surface area contributed by atoms with Crippen molar-refractivity contribution < 1.29 is 57.2 Å². The summed E-state index contributed by atoms with van der Waals surface area (Å²) < 4.78 is 30.7. The molecule has 0 radical (unpaired) electrons. The Labute approximate surface area is 268 Å². The number of esters is 6. The second-order valence-electron chi connectivity index (χ2n) is 9.88. The molecule has 0 N–H and O–H groups in total. The van der Waals surface area contributed by atoms with Gasteiger partial charge in [0.15, 0.2) is 0 Å². The van der Waals surface area contributed by atoms with Gasteiger partial charge in [0.1, 0.15) is 0 Å². The first kappa shape index (κ1) is 37.4. The van der Waals surface area contributed by atoms with E-state index in [1.807, 2.05) is 0 Å². The van der Waals surface area contributed by atoms with Crippen LogP contribution in [0.3, 0.4) is 0 Å². The lowest BCUT2D eigenvalue weighted by molar-refractivity contribution is -0.186. The van der Waals surface area contributed by atoms with E-state index in [9.17, 15) is 28.8 Å². The Bertz CT molecular complexity index is 1160. The minimum atomic E-state index is -2.34. The third kappa shape index (κ3) is 8.29. The van der Waals surface area contributed by atoms with E-state index in [2.05, 4.69) is 0 Å². The average molecular weight is 643 g/mol. The second kappa shape index (κ2) is 17.7. The summed E-state index contributed by atoms with van der Waals surface area (Å²) >= 11 is 0. The molecule has 0 bridgehead atoms. The van der Waals surface area contributed by atoms with Gasteiger partial charge in [-0.2, -0.15) is 0 Å². The summed E-state index contributed by atoms with van der Waals surface area (Å²) in [5.74, 6) is -6.36. The molecular formula is C34H42O12. The second-order valence-corrected chi connectivity index (χ2v) is 9.88. The topological polar surface area (TPSA) is 158 Å². The zero-order valence-electron chi connectivity index (χ0n) is 27.2. The van der Waals surface area contributed by atoms with Crippen LogP contribution >= 0.6 is 0 Å². The highest BCUT2D eigenvalue weighted by atomic mass is 16.6. The van der Waals surface area contributed by atoms with Gasteiger partial charge in [-0.1, -0.05) is 48.5 Å². The van der Waals surface area contributed by atoms with E-state index in [4.69, 9.17) is 28.4 Å². The van der Waals surface area contributed by atoms with Crippen LogP contribution in [0.2, 0.25) is 0 Å². The lowest BCUT2D eigenvalue weighted by Crippen LogP contribution is -2.51. The fraction of sp³-hybridized carbons (Fsp3) is 0.471. The first-order valence-electron chi connectivity index (χ1n) is 15.2. The van der Waals surface area contributed by atoms with Gasteiger partial charge in [-0.25, -0.2) is 0 Å². The van der Waals surface area contributed by atoms with Crippen LogP contribution in [0.4, 0.5) is 0 Å². The van der Waals surface area contributed by atoms with Crippen molar-refractivity contribution in [2.24, 2.45) is 10.8 Å². The Hall–Kier alpha value is -4.74. The molecule has 0 fully saturated rings. The van der Waals surface area contributed by atoms with E-state index in [1.165, 1.54) is 0 Å². The molecule has 0 saturated carbocycles. The normalized spacial score (nSPS) is 11.2. The van der Waals surface area contributed by atoms with Gasteiger partial charge in [0.05, 0.1) is 39.6 Å². The van der Waals surface area contributed by atoms with E-state index in [0.29, 0.717) is 11.1 Å². The molecule has 12 heteroatoms. The largest absolute Gasteiger partial charge is 0.465 e. The molecule has 0 saturated heterocycles. The van der Waals surface area contributed by atoms with Crippen molar-refractivity contribution in [1.82, 2.24) is 0 Å². The quantitative estimate of drug-likeness (QED) is 0.140. The number of hydrogen-bond donors (Lipinski definition) is 0. The van der Waals surface area contributed by atoms with E-state index in [1.54, 1.807) is 90.1 Å². The third-order valence-electron chi connectivity index (χ3n) is 6.92. The van der Waals surface area contributed by atoms with Crippen molar-refractivity contribution in [2.75, 3.05) is 39.6 Å². The van der Waals surface area contributed by atoms with E-state index < -0.39 is 46.6 Å². The summed E-state index contributed by atoms with van der Waals surface area (Å²) in [7, 11) is 0. The molecule has 250 valence electrons. The molecule has 0 amide bonds. The highest BCUT2D eigenvalue weighted by Gasteiger charge is 2.58. The zero-order valence-corrected chi connectivity index (χ0v) is 27.2. The summed E-state index contributed by atoms with van der Waals surface area (Å²) in [6.07, 6.45) is -0.694. The fourth-order valence-corrected chi connectivity index (χ4v) is 4.70. The maximum atomic E-state index is 13.0. The van der Waals surface area contributed by atoms with Gasteiger partial charge < -0.3 is 28.4 Å². The molecule has 0 aliphatic carbocycles. The van der Waals surface area contributed by atoms with Gasteiger partial charge in [0.2, 0.25) is 0 Å². The maximum Gasteiger partial charge on any atom is 0.335 e. The van der Waals surface area contributed by atoms with Crippen molar-refractivity contribution >= 4 is 35.8 Å². The molecule has 0 aliphatic rings. The smallest absolute Gasteiger partial charge is 0.335 e. The number of carbonyl (C=O) groups excluding carboxylic acids is 6. The maximum absolute atomic E-state index is 13.0. The third-order valence-corrected chi connectivity index (χ3v) is 6.92. The lowest BCUT2D eigenvalue weighted by atomic mass is 9.80. The number of ether oxygens (including phenoxy) is 6. The molecule has 2 aromatic rings. The van der Waals surface area contributed by atoms with Crippen LogP contribution in [0.15, 0.2) is 48.5 Å². The minimum Gasteiger partial charge on any atom is -0.465 e. The number of benzene rings is 2. The molecule has 0 aromatic heterocycles. The van der Waals surface area contributed by atoms with Crippen LogP contribution in [0, 0.1) is 10.8 Å². The van der Waals surface area contributed by atoms with Crippen LogP contribution < -0.4 is 0 Å². The number of carbonyl (C=O) groups is 6. The fourth-order valence-electron chi connectivity index (χ4n) is 4.70. The highest BCUT2D eigenvalue weighted by Crippen LogP contribution is 2.33. The van der Waals surface area contributed by atoms with Crippen molar-refractivity contribution in [3.8, 4) is 11.1 Å². The Morgan fingerprint density at radius 2 is 0.587 bits per heavy atom. The van der Waals surface area contributed by atoms with Crippen LogP contribution in [-0.2, 0) is 70.0 Å². The van der Waals surface area contributed by atoms with E-state index >= 15 is 0 Å². The summed E-state index contributed by atoms with van der Waals surface area (Å²) in [6.45, 7) is 8.99. The number of rotatable bonds is 17. The first-order valence-corrected chi connectivity index (χ1v) is 15.2. The Balaban J connectivity index is 2.45. The van der Waals surface area contributed by atoms with Crippen molar-refractivity contribution in [3.05, 3.63) is 59.7 Å². The van der Waals surface area contributed by atoms with Gasteiger partial charge in [-0.3, -0.25) is 28.8 Å². The molecule has 2 rings (SSSR count). The molecule has 0 spiro atoms. The molecule has 46 heavy (non-hydrogen) atoms. The number of hydrogen-bond acceptors (Lipinski definition) is 12. The summed E-state index contributed by atoms with van der Waals surface area (Å²) in [5, 5.41) is 0. The van der Waals surface area contributed by atoms with Crippen molar-refractivity contribution in [2.45, 2.75) is 54.4 Å². The van der Waals surface area contributed by atoms with Crippen LogP contribution in [0.5, 0.6) is 0 Å². The standard InChI is InChI=1S/C34H42O12/c1-7-41-27(35)33(28(36)42-8-2,29(37)43-9-3)21-23-13-17-25(18-14-23)26-19-15-24(16-20-26)22-34(30(38)44-10-4,31(39)45-11-5)32(40)46-12-6/h13-20H,7-12,21-22H2,1-6H3. The van der Waals surface area contributed by atoms with Crippen LogP contribution in [0.25, 0.3) is 11.1 Å². The van der Waals surface area contributed by atoms with Crippen LogP contribution in [-0.4, -0.2) is 75.5 Å². The van der Waals surface area contributed by atoms with E-state index in [-0.39, 0.29) is 52.5 Å². The van der Waals surface area contributed by atoms with Gasteiger partial charge in [-0.05, 0) is 63.8 Å². The molecule has 0 aliphatic heterocycles. The van der Waals surface area contributed by atoms with Crippen molar-refractivity contribution in [1.29, 1.82) is 0 Å².